The number of benzene rings is 2. The number of hydrogen-bond acceptors (Lipinski definition) is 7. The molecule has 11 heteroatoms. The third-order valence-electron chi connectivity index (χ3n) is 8.46. The average molecular weight is 683 g/mol. The van der Waals surface area contributed by atoms with Crippen molar-refractivity contribution in [3.05, 3.63) is 63.3 Å². The summed E-state index contributed by atoms with van der Waals surface area (Å²) in [6, 6.07) is 7.07. The van der Waals surface area contributed by atoms with Gasteiger partial charge < -0.3 is 10.1 Å². The number of nitrogens with zero attached hydrogens (tertiary/aromatic N) is 3. The summed E-state index contributed by atoms with van der Waals surface area (Å²) in [5.41, 5.74) is -0.562. The molecule has 0 saturated carbocycles. The van der Waals surface area contributed by atoms with Crippen molar-refractivity contribution >= 4 is 51.5 Å². The van der Waals surface area contributed by atoms with Crippen LogP contribution in [0.1, 0.15) is 134 Å². The standard InChI is InChI=1S/C37H51ClN4O6/c1-5-6-7-8-9-10-11-12-13-14-15-16-17-18-23-48-36(45)27-20-22-30(38)31(24-27)40-35(44)33(34(43)37(2,3)4)41-32-25-29(42(46)47)21-19-28(32)26-39-41/h19-22,24-26,33H,5-18,23H2,1-4H3,(H,40,44). The number of nitrogens with one attached hydrogen (secondary N) is 1. The third kappa shape index (κ3) is 11.7. The van der Waals surface area contributed by atoms with Gasteiger partial charge >= 0.3 is 5.97 Å². The number of unbranched alkanes of at least 4 members (excludes halogenated alkanes) is 13. The van der Waals surface area contributed by atoms with Crippen LogP contribution in [0.5, 0.6) is 0 Å². The molecule has 1 amide bonds. The molecule has 48 heavy (non-hydrogen) atoms. The van der Waals surface area contributed by atoms with Gasteiger partial charge in [-0.15, -0.1) is 0 Å². The Morgan fingerprint density at radius 2 is 1.48 bits per heavy atom. The van der Waals surface area contributed by atoms with Crippen LogP contribution in [0.25, 0.3) is 10.9 Å². The summed E-state index contributed by atoms with van der Waals surface area (Å²) in [6.45, 7) is 7.56. The van der Waals surface area contributed by atoms with E-state index in [-0.39, 0.29) is 27.5 Å². The van der Waals surface area contributed by atoms with Crippen molar-refractivity contribution in [1.29, 1.82) is 0 Å². The van der Waals surface area contributed by atoms with Crippen molar-refractivity contribution in [3.8, 4) is 0 Å². The van der Waals surface area contributed by atoms with Crippen molar-refractivity contribution in [2.75, 3.05) is 11.9 Å². The zero-order valence-electron chi connectivity index (χ0n) is 28.9. The van der Waals surface area contributed by atoms with E-state index in [1.54, 1.807) is 20.8 Å². The van der Waals surface area contributed by atoms with E-state index < -0.39 is 34.0 Å². The van der Waals surface area contributed by atoms with Crippen LogP contribution in [0, 0.1) is 15.5 Å². The van der Waals surface area contributed by atoms with E-state index in [4.69, 9.17) is 16.3 Å². The topological polar surface area (TPSA) is 133 Å². The second-order valence-electron chi connectivity index (χ2n) is 13.5. The lowest BCUT2D eigenvalue weighted by molar-refractivity contribution is -0.384. The second-order valence-corrected chi connectivity index (χ2v) is 13.9. The van der Waals surface area contributed by atoms with Crippen molar-refractivity contribution < 1.29 is 24.0 Å². The van der Waals surface area contributed by atoms with Crippen molar-refractivity contribution in [2.45, 2.75) is 124 Å². The number of rotatable bonds is 21. The number of hydrogen-bond donors (Lipinski definition) is 1. The number of amides is 1. The minimum Gasteiger partial charge on any atom is -0.462 e. The molecule has 0 bridgehead atoms. The highest BCUT2D eigenvalue weighted by Crippen LogP contribution is 2.31. The second kappa shape index (κ2) is 19.3. The molecule has 0 saturated heterocycles. The molecule has 1 aromatic heterocycles. The predicted octanol–water partition coefficient (Wildman–Crippen LogP) is 10.0. The van der Waals surface area contributed by atoms with Crippen LogP contribution in [0.2, 0.25) is 5.02 Å². The Hall–Kier alpha value is -3.79. The van der Waals surface area contributed by atoms with Gasteiger partial charge in [0.05, 0.1) is 39.5 Å². The van der Waals surface area contributed by atoms with E-state index in [2.05, 4.69) is 17.3 Å². The van der Waals surface area contributed by atoms with E-state index in [9.17, 15) is 24.5 Å². The fourth-order valence-corrected chi connectivity index (χ4v) is 5.76. The van der Waals surface area contributed by atoms with E-state index in [1.807, 2.05) is 0 Å². The Labute approximate surface area is 289 Å². The van der Waals surface area contributed by atoms with E-state index in [0.717, 1.165) is 19.3 Å². The predicted molar refractivity (Wildman–Crippen MR) is 191 cm³/mol. The van der Waals surface area contributed by atoms with Gasteiger partial charge in [0.1, 0.15) is 0 Å². The van der Waals surface area contributed by atoms with Gasteiger partial charge in [0.25, 0.3) is 11.6 Å². The summed E-state index contributed by atoms with van der Waals surface area (Å²) in [7, 11) is 0. The number of Topliss-reactive ketones (excluding diaryl/α,β-unsaturated/α-hetero) is 1. The molecule has 0 spiro atoms. The fraction of sp³-hybridized carbons (Fsp3) is 0.568. The van der Waals surface area contributed by atoms with Crippen molar-refractivity contribution in [3.63, 3.8) is 0 Å². The lowest BCUT2D eigenvalue weighted by atomic mass is 9.86. The molecule has 0 radical (unpaired) electrons. The Kier molecular flexibility index (Phi) is 15.5. The minimum atomic E-state index is -1.46. The third-order valence-corrected chi connectivity index (χ3v) is 8.79. The number of carbonyl (C=O) groups is 3. The number of fused-ring (bicyclic) bond motifs is 1. The molecule has 0 aliphatic rings. The van der Waals surface area contributed by atoms with E-state index in [1.165, 1.54) is 118 Å². The Morgan fingerprint density at radius 1 is 0.896 bits per heavy atom. The first-order valence-electron chi connectivity index (χ1n) is 17.4. The highest BCUT2D eigenvalue weighted by molar-refractivity contribution is 6.34. The molecule has 262 valence electrons. The number of nitro groups is 1. The molecule has 1 unspecified atom stereocenters. The van der Waals surface area contributed by atoms with Crippen LogP contribution in [-0.2, 0) is 14.3 Å². The van der Waals surface area contributed by atoms with Crippen molar-refractivity contribution in [2.24, 2.45) is 5.41 Å². The summed E-state index contributed by atoms with van der Waals surface area (Å²) in [4.78, 5) is 51.0. The Bertz CT molecular complexity index is 1530. The van der Waals surface area contributed by atoms with Crippen LogP contribution in [0.4, 0.5) is 11.4 Å². The summed E-state index contributed by atoms with van der Waals surface area (Å²) in [5.74, 6) is -1.75. The number of halogens is 1. The van der Waals surface area contributed by atoms with Gasteiger partial charge in [0.2, 0.25) is 0 Å². The van der Waals surface area contributed by atoms with Gasteiger partial charge in [-0.25, -0.2) is 9.48 Å². The lowest BCUT2D eigenvalue weighted by Crippen LogP contribution is -2.39. The van der Waals surface area contributed by atoms with Gasteiger partial charge in [-0.3, -0.25) is 19.7 Å². The molecule has 3 rings (SSSR count). The molecule has 1 heterocycles. The first-order chi connectivity index (χ1) is 22.9. The highest BCUT2D eigenvalue weighted by Gasteiger charge is 2.38. The number of carbonyl (C=O) groups excluding carboxylic acids is 3. The molecule has 0 fully saturated rings. The molecule has 10 nitrogen and oxygen atoms in total. The fourth-order valence-electron chi connectivity index (χ4n) is 5.59. The maximum absolute atomic E-state index is 13.7. The number of ketones is 1. The van der Waals surface area contributed by atoms with Crippen LogP contribution in [0.15, 0.2) is 42.6 Å². The first-order valence-corrected chi connectivity index (χ1v) is 17.8. The summed E-state index contributed by atoms with van der Waals surface area (Å²) < 4.78 is 6.67. The number of nitro benzene ring substituents is 1. The maximum atomic E-state index is 13.7. The zero-order chi connectivity index (χ0) is 35.1. The smallest absolute Gasteiger partial charge is 0.338 e. The molecule has 0 aliphatic heterocycles. The molecule has 3 aromatic rings. The zero-order valence-corrected chi connectivity index (χ0v) is 29.7. The lowest BCUT2D eigenvalue weighted by Gasteiger charge is -2.25. The molecular weight excluding hydrogens is 632 g/mol. The van der Waals surface area contributed by atoms with Crippen molar-refractivity contribution in [1.82, 2.24) is 9.78 Å². The molecular formula is C37H51ClN4O6. The monoisotopic (exact) mass is 682 g/mol. The highest BCUT2D eigenvalue weighted by atomic mass is 35.5. The molecule has 0 aliphatic carbocycles. The van der Waals surface area contributed by atoms with Gasteiger partial charge in [0, 0.05) is 22.9 Å². The summed E-state index contributed by atoms with van der Waals surface area (Å²) in [6.07, 6.45) is 18.8. The molecule has 1 N–H and O–H groups in total. The number of esters is 1. The van der Waals surface area contributed by atoms with Gasteiger partial charge in [-0.1, -0.05) is 123 Å². The number of aromatic nitrogens is 2. The van der Waals surface area contributed by atoms with Crippen LogP contribution < -0.4 is 5.32 Å². The first kappa shape index (κ1) is 38.7. The number of ether oxygens (including phenoxy) is 1. The van der Waals surface area contributed by atoms with E-state index >= 15 is 0 Å². The summed E-state index contributed by atoms with van der Waals surface area (Å²) in [5, 5.41) is 19.0. The number of anilines is 1. The SMILES string of the molecule is CCCCCCCCCCCCCCCCOC(=O)c1ccc(Cl)c(NC(=O)C(C(=O)C(C)(C)C)n2ncc3ccc([N+](=O)[O-])cc32)c1. The maximum Gasteiger partial charge on any atom is 0.338 e. The van der Waals surface area contributed by atoms with Crippen LogP contribution >= 0.6 is 11.6 Å². The Morgan fingerprint density at radius 3 is 2.04 bits per heavy atom. The van der Waals surface area contributed by atoms with Crippen LogP contribution in [0.3, 0.4) is 0 Å². The largest absolute Gasteiger partial charge is 0.462 e. The number of non-ortho nitro benzene ring substituents is 1. The summed E-state index contributed by atoms with van der Waals surface area (Å²) >= 11 is 6.39. The minimum absolute atomic E-state index is 0.127. The quantitative estimate of drug-likeness (QED) is 0.0388. The average Bonchev–Trinajstić information content (AvgIpc) is 3.46. The normalized spacial score (nSPS) is 12.2. The van der Waals surface area contributed by atoms with Crippen LogP contribution in [-0.4, -0.2) is 39.0 Å². The Balaban J connectivity index is 1.53. The molecule has 2 aromatic carbocycles. The van der Waals surface area contributed by atoms with Gasteiger partial charge in [-0.2, -0.15) is 5.10 Å². The van der Waals surface area contributed by atoms with Gasteiger partial charge in [0.15, 0.2) is 11.8 Å². The van der Waals surface area contributed by atoms with E-state index in [0.29, 0.717) is 12.0 Å². The van der Waals surface area contributed by atoms with Gasteiger partial charge in [-0.05, 0) is 30.7 Å². The molecule has 1 atom stereocenters.